The molecule has 3 heteroatoms. The van der Waals surface area contributed by atoms with Crippen LogP contribution in [0.15, 0.2) is 17.1 Å². The summed E-state index contributed by atoms with van der Waals surface area (Å²) in [5.74, 6) is 2.29. The molecule has 1 aliphatic rings. The minimum absolute atomic E-state index is 0.561. The third kappa shape index (κ3) is 5.76. The molecule has 0 heterocycles. The van der Waals surface area contributed by atoms with Gasteiger partial charge in [0.05, 0.1) is 6.54 Å². The van der Waals surface area contributed by atoms with Crippen LogP contribution in [-0.4, -0.2) is 19.0 Å². The molecule has 17 heavy (non-hydrogen) atoms. The zero-order valence-electron chi connectivity index (χ0n) is 11.3. The number of nitrogens with zero attached hydrogens (tertiary/aromatic N) is 1. The standard InChI is InChI=1S/C14H27N3/c1-4-12-5-7-13(8-6-12)10-17-14(15)16-9-11(2)3/h12-13H,2,4-10H2,1,3H3,(H3,15,16,17). The van der Waals surface area contributed by atoms with Gasteiger partial charge < -0.3 is 11.1 Å². The highest BCUT2D eigenvalue weighted by Crippen LogP contribution is 2.29. The van der Waals surface area contributed by atoms with Crippen LogP contribution < -0.4 is 11.1 Å². The minimum Gasteiger partial charge on any atom is -0.370 e. The fraction of sp³-hybridized carbons (Fsp3) is 0.786. The van der Waals surface area contributed by atoms with Crippen LogP contribution in [0.1, 0.15) is 46.0 Å². The number of hydrogen-bond donors (Lipinski definition) is 2. The van der Waals surface area contributed by atoms with Crippen LogP contribution in [0.3, 0.4) is 0 Å². The van der Waals surface area contributed by atoms with E-state index in [9.17, 15) is 0 Å². The second kappa shape index (κ2) is 7.36. The highest BCUT2D eigenvalue weighted by Gasteiger charge is 2.19. The summed E-state index contributed by atoms with van der Waals surface area (Å²) in [4.78, 5) is 4.22. The maximum Gasteiger partial charge on any atom is 0.188 e. The summed E-state index contributed by atoms with van der Waals surface area (Å²) >= 11 is 0. The van der Waals surface area contributed by atoms with Gasteiger partial charge in [0, 0.05) is 6.54 Å². The van der Waals surface area contributed by atoms with Crippen molar-refractivity contribution in [3.05, 3.63) is 12.2 Å². The van der Waals surface area contributed by atoms with Gasteiger partial charge in [0.1, 0.15) is 0 Å². The third-order valence-electron chi connectivity index (χ3n) is 3.63. The number of hydrogen-bond acceptors (Lipinski definition) is 1. The third-order valence-corrected chi connectivity index (χ3v) is 3.63. The maximum absolute atomic E-state index is 5.79. The molecule has 0 aromatic heterocycles. The lowest BCUT2D eigenvalue weighted by molar-refractivity contribution is 0.269. The second-order valence-electron chi connectivity index (χ2n) is 5.33. The lowest BCUT2D eigenvalue weighted by Crippen LogP contribution is -2.36. The summed E-state index contributed by atoms with van der Waals surface area (Å²) in [6, 6.07) is 0. The topological polar surface area (TPSA) is 50.4 Å². The van der Waals surface area contributed by atoms with E-state index in [0.29, 0.717) is 12.5 Å². The average Bonchev–Trinajstić information content (AvgIpc) is 2.34. The summed E-state index contributed by atoms with van der Waals surface area (Å²) < 4.78 is 0. The van der Waals surface area contributed by atoms with Crippen LogP contribution in [-0.2, 0) is 0 Å². The predicted octanol–water partition coefficient (Wildman–Crippen LogP) is 2.68. The lowest BCUT2D eigenvalue weighted by Gasteiger charge is -2.27. The van der Waals surface area contributed by atoms with E-state index in [4.69, 9.17) is 5.73 Å². The van der Waals surface area contributed by atoms with E-state index < -0.39 is 0 Å². The first-order valence-corrected chi connectivity index (χ1v) is 6.80. The molecule has 98 valence electrons. The Bertz CT molecular complexity index is 263. The van der Waals surface area contributed by atoms with Gasteiger partial charge in [0.15, 0.2) is 5.96 Å². The van der Waals surface area contributed by atoms with E-state index in [0.717, 1.165) is 24.0 Å². The van der Waals surface area contributed by atoms with E-state index in [2.05, 4.69) is 23.8 Å². The van der Waals surface area contributed by atoms with Crippen molar-refractivity contribution in [2.45, 2.75) is 46.0 Å². The van der Waals surface area contributed by atoms with Gasteiger partial charge in [-0.3, -0.25) is 0 Å². The number of guanidine groups is 1. The Morgan fingerprint density at radius 1 is 1.29 bits per heavy atom. The average molecular weight is 237 g/mol. The van der Waals surface area contributed by atoms with E-state index >= 15 is 0 Å². The highest BCUT2D eigenvalue weighted by atomic mass is 15.1. The molecule has 0 saturated heterocycles. The summed E-state index contributed by atoms with van der Waals surface area (Å²) in [6.45, 7) is 9.66. The van der Waals surface area contributed by atoms with Crippen molar-refractivity contribution in [1.82, 2.24) is 5.32 Å². The summed E-state index contributed by atoms with van der Waals surface area (Å²) in [6.07, 6.45) is 6.76. The SMILES string of the molecule is C=C(C)CN=C(N)NCC1CCC(CC)CC1. The van der Waals surface area contributed by atoms with Gasteiger partial charge in [-0.1, -0.05) is 38.3 Å². The maximum atomic E-state index is 5.79. The first-order valence-electron chi connectivity index (χ1n) is 6.80. The van der Waals surface area contributed by atoms with Crippen LogP contribution in [0.25, 0.3) is 0 Å². The van der Waals surface area contributed by atoms with E-state index in [-0.39, 0.29) is 0 Å². The van der Waals surface area contributed by atoms with Crippen molar-refractivity contribution in [1.29, 1.82) is 0 Å². The number of aliphatic imine (C=N–C) groups is 1. The molecular weight excluding hydrogens is 210 g/mol. The molecule has 1 fully saturated rings. The van der Waals surface area contributed by atoms with Crippen molar-refractivity contribution in [3.63, 3.8) is 0 Å². The van der Waals surface area contributed by atoms with Crippen LogP contribution in [0.5, 0.6) is 0 Å². The van der Waals surface area contributed by atoms with E-state index in [1.54, 1.807) is 0 Å². The molecule has 0 bridgehead atoms. The second-order valence-corrected chi connectivity index (χ2v) is 5.33. The van der Waals surface area contributed by atoms with Crippen LogP contribution in [0.4, 0.5) is 0 Å². The van der Waals surface area contributed by atoms with Gasteiger partial charge >= 0.3 is 0 Å². The number of nitrogens with two attached hydrogens (primary N) is 1. The molecule has 0 aromatic carbocycles. The fourth-order valence-electron chi connectivity index (χ4n) is 2.37. The molecule has 0 aliphatic heterocycles. The Hall–Kier alpha value is -0.990. The normalized spacial score (nSPS) is 25.6. The van der Waals surface area contributed by atoms with Crippen molar-refractivity contribution in [3.8, 4) is 0 Å². The van der Waals surface area contributed by atoms with Crippen LogP contribution in [0, 0.1) is 11.8 Å². The van der Waals surface area contributed by atoms with Gasteiger partial charge in [-0.25, -0.2) is 4.99 Å². The quantitative estimate of drug-likeness (QED) is 0.439. The van der Waals surface area contributed by atoms with Gasteiger partial charge in [0.25, 0.3) is 0 Å². The number of rotatable bonds is 5. The summed E-state index contributed by atoms with van der Waals surface area (Å²) in [5, 5.41) is 3.23. The van der Waals surface area contributed by atoms with Crippen molar-refractivity contribution in [2.75, 3.05) is 13.1 Å². The Morgan fingerprint density at radius 3 is 2.41 bits per heavy atom. The van der Waals surface area contributed by atoms with Crippen molar-refractivity contribution in [2.24, 2.45) is 22.6 Å². The molecular formula is C14H27N3. The van der Waals surface area contributed by atoms with E-state index in [1.165, 1.54) is 32.1 Å². The predicted molar refractivity (Wildman–Crippen MR) is 75.0 cm³/mol. The van der Waals surface area contributed by atoms with Crippen LogP contribution in [0.2, 0.25) is 0 Å². The van der Waals surface area contributed by atoms with Crippen molar-refractivity contribution >= 4 is 5.96 Å². The number of nitrogens with one attached hydrogen (secondary N) is 1. The first-order chi connectivity index (χ1) is 8.11. The molecule has 1 aliphatic carbocycles. The molecule has 0 unspecified atom stereocenters. The van der Waals surface area contributed by atoms with Gasteiger partial charge in [-0.05, 0) is 31.6 Å². The smallest absolute Gasteiger partial charge is 0.188 e. The molecule has 0 atom stereocenters. The fourth-order valence-corrected chi connectivity index (χ4v) is 2.37. The zero-order chi connectivity index (χ0) is 12.7. The first kappa shape index (κ1) is 14.1. The van der Waals surface area contributed by atoms with E-state index in [1.807, 2.05) is 6.92 Å². The minimum atomic E-state index is 0.561. The monoisotopic (exact) mass is 237 g/mol. The van der Waals surface area contributed by atoms with Gasteiger partial charge in [-0.15, -0.1) is 0 Å². The Kier molecular flexibility index (Phi) is 6.09. The molecule has 0 amide bonds. The van der Waals surface area contributed by atoms with Crippen molar-refractivity contribution < 1.29 is 0 Å². The Morgan fingerprint density at radius 2 is 1.88 bits per heavy atom. The zero-order valence-corrected chi connectivity index (χ0v) is 11.3. The van der Waals surface area contributed by atoms with Gasteiger partial charge in [-0.2, -0.15) is 0 Å². The molecule has 1 saturated carbocycles. The van der Waals surface area contributed by atoms with Gasteiger partial charge in [0.2, 0.25) is 0 Å². The molecule has 3 N–H and O–H groups in total. The molecule has 1 rings (SSSR count). The van der Waals surface area contributed by atoms with Crippen LogP contribution >= 0.6 is 0 Å². The summed E-state index contributed by atoms with van der Waals surface area (Å²) in [7, 11) is 0. The largest absolute Gasteiger partial charge is 0.370 e. The molecule has 0 radical (unpaired) electrons. The molecule has 3 nitrogen and oxygen atoms in total. The molecule has 0 spiro atoms. The summed E-state index contributed by atoms with van der Waals surface area (Å²) in [5.41, 5.74) is 6.83. The lowest BCUT2D eigenvalue weighted by atomic mass is 9.81. The highest BCUT2D eigenvalue weighted by molar-refractivity contribution is 5.77. The Labute approximate surface area is 106 Å². The Balaban J connectivity index is 2.18. The molecule has 0 aromatic rings.